The predicted octanol–water partition coefficient (Wildman–Crippen LogP) is 7.73. The van der Waals surface area contributed by atoms with Gasteiger partial charge in [-0.1, -0.05) is 30.7 Å². The monoisotopic (exact) mass is 544 g/mol. The molecule has 10 heteroatoms. The van der Waals surface area contributed by atoms with Crippen LogP contribution in [0.2, 0.25) is 0 Å². The molecule has 1 amide bonds. The van der Waals surface area contributed by atoms with Gasteiger partial charge in [-0.05, 0) is 72.0 Å². The lowest BCUT2D eigenvalue weighted by Crippen LogP contribution is -2.28. The van der Waals surface area contributed by atoms with Crippen LogP contribution >= 0.6 is 11.3 Å². The van der Waals surface area contributed by atoms with E-state index in [9.17, 15) is 22.4 Å². The van der Waals surface area contributed by atoms with E-state index in [2.05, 4.69) is 34.6 Å². The van der Waals surface area contributed by atoms with Gasteiger partial charge in [0.15, 0.2) is 0 Å². The van der Waals surface area contributed by atoms with Gasteiger partial charge in [0, 0.05) is 17.7 Å². The maximum atomic E-state index is 14.2. The molecule has 2 aromatic carbocycles. The normalized spacial score (nSPS) is 17.4. The quantitative estimate of drug-likeness (QED) is 0.204. The minimum atomic E-state index is -4.64. The molecule has 1 aliphatic rings. The number of nitrogens with zero attached hydrogens (tertiary/aromatic N) is 1. The Bertz CT molecular complexity index is 1420. The molecular weight excluding hydrogens is 520 g/mol. The molecule has 38 heavy (non-hydrogen) atoms. The number of thiophene rings is 1. The predicted molar refractivity (Wildman–Crippen MR) is 138 cm³/mol. The van der Waals surface area contributed by atoms with Crippen molar-refractivity contribution >= 4 is 39.6 Å². The van der Waals surface area contributed by atoms with E-state index in [-0.39, 0.29) is 29.9 Å². The van der Waals surface area contributed by atoms with Crippen LogP contribution in [0.1, 0.15) is 42.7 Å². The minimum Gasteiger partial charge on any atom is -0.483 e. The van der Waals surface area contributed by atoms with Crippen LogP contribution < -0.4 is 5.32 Å². The van der Waals surface area contributed by atoms with Gasteiger partial charge in [0.1, 0.15) is 5.82 Å². The van der Waals surface area contributed by atoms with E-state index in [0.717, 1.165) is 51.9 Å². The molecule has 0 radical (unpaired) electrons. The number of nitrogens with one attached hydrogen (secondary N) is 1. The summed E-state index contributed by atoms with van der Waals surface area (Å²) in [4.78, 5) is 25.6. The fourth-order valence-electron chi connectivity index (χ4n) is 4.79. The molecule has 5 rings (SSSR count). The first-order chi connectivity index (χ1) is 18.2. The summed E-state index contributed by atoms with van der Waals surface area (Å²) >= 11 is 1.66. The largest absolute Gasteiger partial charge is 0.483 e. The van der Waals surface area contributed by atoms with Crippen molar-refractivity contribution in [2.24, 2.45) is 5.92 Å². The molecule has 2 heterocycles. The number of hydrogen-bond acceptors (Lipinski definition) is 4. The summed E-state index contributed by atoms with van der Waals surface area (Å²) in [6.45, 7) is -0.250. The molecule has 0 aliphatic heterocycles. The first-order valence-corrected chi connectivity index (χ1v) is 12.8. The van der Waals surface area contributed by atoms with Crippen molar-refractivity contribution in [3.8, 4) is 11.1 Å². The molecule has 2 atom stereocenters. The van der Waals surface area contributed by atoms with Gasteiger partial charge in [-0.15, -0.1) is 11.3 Å². The van der Waals surface area contributed by atoms with Crippen LogP contribution in [-0.2, 0) is 15.8 Å². The lowest BCUT2D eigenvalue weighted by Gasteiger charge is -2.29. The van der Waals surface area contributed by atoms with E-state index in [0.29, 0.717) is 18.9 Å². The van der Waals surface area contributed by atoms with E-state index in [4.69, 9.17) is 9.90 Å². The van der Waals surface area contributed by atoms with Gasteiger partial charge in [0.25, 0.3) is 6.47 Å². The Morgan fingerprint density at radius 2 is 1.82 bits per heavy atom. The number of pyridine rings is 1. The van der Waals surface area contributed by atoms with Crippen LogP contribution in [0.3, 0.4) is 0 Å². The topological polar surface area (TPSA) is 79.3 Å². The van der Waals surface area contributed by atoms with Gasteiger partial charge in [-0.3, -0.25) is 14.6 Å². The van der Waals surface area contributed by atoms with Gasteiger partial charge in [-0.2, -0.15) is 13.2 Å². The van der Waals surface area contributed by atoms with Gasteiger partial charge in [0.05, 0.1) is 21.5 Å². The molecule has 198 valence electrons. The molecule has 4 aromatic rings. The lowest BCUT2D eigenvalue weighted by atomic mass is 9.77. The highest BCUT2D eigenvalue weighted by molar-refractivity contribution is 7.17. The molecular formula is C28H24F4N2O3S. The minimum absolute atomic E-state index is 0.185. The number of carboxylic acid groups (broad SMARTS) is 1. The van der Waals surface area contributed by atoms with E-state index in [1.807, 2.05) is 23.7 Å². The van der Waals surface area contributed by atoms with Crippen molar-refractivity contribution in [1.82, 2.24) is 4.98 Å². The second-order valence-electron chi connectivity index (χ2n) is 8.96. The first kappa shape index (κ1) is 27.3. The van der Waals surface area contributed by atoms with Crippen LogP contribution in [0.5, 0.6) is 0 Å². The Balaban J connectivity index is 0.00000107. The maximum Gasteiger partial charge on any atom is 0.416 e. The summed E-state index contributed by atoms with van der Waals surface area (Å²) in [5, 5.41) is 11.4. The molecule has 0 bridgehead atoms. The molecule has 2 aromatic heterocycles. The molecule has 2 N–H and O–H groups in total. The van der Waals surface area contributed by atoms with Crippen molar-refractivity contribution in [2.45, 2.75) is 37.8 Å². The van der Waals surface area contributed by atoms with Crippen molar-refractivity contribution in [3.63, 3.8) is 0 Å². The number of anilines is 1. The van der Waals surface area contributed by atoms with Gasteiger partial charge < -0.3 is 10.4 Å². The number of amides is 1. The smallest absolute Gasteiger partial charge is 0.416 e. The zero-order chi connectivity index (χ0) is 27.3. The molecule has 1 aliphatic carbocycles. The number of carbonyl (C=O) groups is 2. The third-order valence-corrected chi connectivity index (χ3v) is 7.57. The zero-order valence-electron chi connectivity index (χ0n) is 20.0. The number of halogens is 4. The fourth-order valence-corrected chi connectivity index (χ4v) is 5.68. The third kappa shape index (κ3) is 6.19. The standard InChI is InChI=1S/C27H22F4N2OS.CH2O2/c28-22-15-20(27(29,30)31)8-9-23(22)33-26(34)19-3-1-2-18(14-19)16-4-6-17(7-5-16)21-10-12-32-24-11-13-35-25(21)24;2-1-3/h4-13,15,18-19H,1-3,14H2,(H,33,34);1H,(H,2,3). The third-order valence-electron chi connectivity index (χ3n) is 6.64. The van der Waals surface area contributed by atoms with E-state index in [1.54, 1.807) is 11.3 Å². The van der Waals surface area contributed by atoms with Crippen LogP contribution in [0.4, 0.5) is 23.2 Å². The van der Waals surface area contributed by atoms with Gasteiger partial charge >= 0.3 is 6.18 Å². The van der Waals surface area contributed by atoms with Gasteiger partial charge in [-0.25, -0.2) is 4.39 Å². The van der Waals surface area contributed by atoms with E-state index < -0.39 is 17.6 Å². The lowest BCUT2D eigenvalue weighted by molar-refractivity contribution is -0.137. The average molecular weight is 545 g/mol. The van der Waals surface area contributed by atoms with Crippen molar-refractivity contribution < 1.29 is 32.3 Å². The van der Waals surface area contributed by atoms with Crippen molar-refractivity contribution in [3.05, 3.63) is 83.1 Å². The summed E-state index contributed by atoms with van der Waals surface area (Å²) < 4.78 is 53.7. The fraction of sp³-hybridized carbons (Fsp3) is 0.250. The highest BCUT2D eigenvalue weighted by atomic mass is 32.1. The zero-order valence-corrected chi connectivity index (χ0v) is 20.9. The number of benzene rings is 2. The number of hydrogen-bond donors (Lipinski definition) is 2. The summed E-state index contributed by atoms with van der Waals surface area (Å²) in [5.41, 5.74) is 3.04. The first-order valence-electron chi connectivity index (χ1n) is 11.9. The number of aromatic nitrogens is 1. The summed E-state index contributed by atoms with van der Waals surface area (Å²) in [7, 11) is 0. The van der Waals surface area contributed by atoms with Crippen molar-refractivity contribution in [2.75, 3.05) is 5.32 Å². The van der Waals surface area contributed by atoms with Gasteiger partial charge in [0.2, 0.25) is 5.91 Å². The number of carbonyl (C=O) groups excluding carboxylic acids is 1. The average Bonchev–Trinajstić information content (AvgIpc) is 3.39. The summed E-state index contributed by atoms with van der Waals surface area (Å²) in [5.74, 6) is -1.60. The summed E-state index contributed by atoms with van der Waals surface area (Å²) in [6.07, 6.45) is 0.237. The molecule has 1 fully saturated rings. The second kappa shape index (κ2) is 11.7. The Morgan fingerprint density at radius 3 is 2.50 bits per heavy atom. The van der Waals surface area contributed by atoms with Crippen LogP contribution in [-0.4, -0.2) is 22.5 Å². The summed E-state index contributed by atoms with van der Waals surface area (Å²) in [6, 6.07) is 14.5. The number of alkyl halides is 3. The van der Waals surface area contributed by atoms with Crippen molar-refractivity contribution in [1.29, 1.82) is 0 Å². The highest BCUT2D eigenvalue weighted by Gasteiger charge is 2.32. The van der Waals surface area contributed by atoms with Crippen LogP contribution in [0.15, 0.2) is 66.2 Å². The van der Waals surface area contributed by atoms with E-state index >= 15 is 0 Å². The molecule has 0 saturated heterocycles. The molecule has 5 nitrogen and oxygen atoms in total. The molecule has 0 spiro atoms. The van der Waals surface area contributed by atoms with Crippen LogP contribution in [0, 0.1) is 11.7 Å². The number of fused-ring (bicyclic) bond motifs is 1. The van der Waals surface area contributed by atoms with E-state index in [1.165, 1.54) is 0 Å². The highest BCUT2D eigenvalue weighted by Crippen LogP contribution is 2.39. The maximum absolute atomic E-state index is 14.2. The molecule has 1 saturated carbocycles. The second-order valence-corrected chi connectivity index (χ2v) is 9.88. The molecule has 2 unspecified atom stereocenters. The van der Waals surface area contributed by atoms with Crippen LogP contribution in [0.25, 0.3) is 21.3 Å². The Kier molecular flexibility index (Phi) is 8.41. The SMILES string of the molecule is O=C(Nc1ccc(C(F)(F)F)cc1F)C1CCCC(c2ccc(-c3ccnc4ccsc34)cc2)C1.O=CO. The number of rotatable bonds is 4. The Labute approximate surface area is 220 Å². The Morgan fingerprint density at radius 1 is 1.08 bits per heavy atom. The Hall–Kier alpha value is -3.79.